The number of nitrogens with one attached hydrogen (secondary N) is 4. The van der Waals surface area contributed by atoms with Crippen LogP contribution in [0.2, 0.25) is 0 Å². The van der Waals surface area contributed by atoms with Crippen LogP contribution in [0.5, 0.6) is 23.0 Å². The van der Waals surface area contributed by atoms with Crippen LogP contribution in [0.15, 0.2) is 107 Å². The summed E-state index contributed by atoms with van der Waals surface area (Å²) in [6.45, 7) is 6.13. The molecule has 0 unspecified atom stereocenters. The lowest BCUT2D eigenvalue weighted by molar-refractivity contribution is 0.0223. The largest absolute Gasteiger partial charge is 0.494 e. The maximum Gasteiger partial charge on any atom is 0.333 e. The fraction of sp³-hybridized carbons (Fsp3) is 0.188. The number of sulfonamides is 2. The molecule has 14 nitrogen and oxygen atoms in total. The molecule has 0 aliphatic carbocycles. The molecule has 254 valence electrons. The molecule has 0 heterocycles. The SMILES string of the molecule is CCOc1ccc(S(=O)(=O)NC(=O)Nc2ccc(OC(C)Oc3ccc(NC(=O)NS(=O)(=O)c4ccc(OCC)cc4)cc3)cc2)cc1. The van der Waals surface area contributed by atoms with Crippen molar-refractivity contribution in [3.8, 4) is 23.0 Å². The van der Waals surface area contributed by atoms with E-state index in [-0.39, 0.29) is 9.79 Å². The smallest absolute Gasteiger partial charge is 0.333 e. The van der Waals surface area contributed by atoms with Gasteiger partial charge in [-0.3, -0.25) is 0 Å². The molecular weight excluding hydrogens is 665 g/mol. The zero-order chi connectivity index (χ0) is 34.7. The molecule has 0 radical (unpaired) electrons. The standard InChI is InChI=1S/C32H34N4O10S2/c1-4-43-25-14-18-29(19-15-25)47(39,40)35-31(37)33-23-6-10-27(11-7-23)45-22(3)46-28-12-8-24(9-13-28)34-32(38)36-48(41,42)30-20-16-26(17-21-30)44-5-2/h6-22H,4-5H2,1-3H3,(H2,33,35,37)(H2,34,36,38). The fourth-order valence-electron chi connectivity index (χ4n) is 4.08. The molecule has 0 saturated heterocycles. The molecule has 0 aliphatic rings. The van der Waals surface area contributed by atoms with Crippen molar-refractivity contribution in [3.05, 3.63) is 97.1 Å². The Morgan fingerprint density at radius 3 is 1.17 bits per heavy atom. The highest BCUT2D eigenvalue weighted by Gasteiger charge is 2.19. The van der Waals surface area contributed by atoms with Crippen LogP contribution in [0.25, 0.3) is 0 Å². The third kappa shape index (κ3) is 10.3. The van der Waals surface area contributed by atoms with Crippen LogP contribution in [-0.4, -0.2) is 48.4 Å². The first kappa shape index (κ1) is 35.4. The lowest BCUT2D eigenvalue weighted by Gasteiger charge is -2.17. The summed E-state index contributed by atoms with van der Waals surface area (Å²) in [7, 11) is -8.21. The quantitative estimate of drug-likeness (QED) is 0.126. The van der Waals surface area contributed by atoms with Crippen molar-refractivity contribution in [1.29, 1.82) is 0 Å². The highest BCUT2D eigenvalue weighted by atomic mass is 32.2. The number of anilines is 2. The van der Waals surface area contributed by atoms with E-state index in [1.807, 2.05) is 9.44 Å². The first-order valence-electron chi connectivity index (χ1n) is 14.5. The Kier molecular flexibility index (Phi) is 11.7. The van der Waals surface area contributed by atoms with Crippen molar-refractivity contribution >= 4 is 43.5 Å². The second kappa shape index (κ2) is 15.9. The lowest BCUT2D eigenvalue weighted by atomic mass is 10.3. The Morgan fingerprint density at radius 1 is 0.542 bits per heavy atom. The van der Waals surface area contributed by atoms with Gasteiger partial charge in [-0.1, -0.05) is 0 Å². The number of carbonyl (C=O) groups excluding carboxylic acids is 2. The summed E-state index contributed by atoms with van der Waals surface area (Å²) in [4.78, 5) is 24.5. The second-order valence-corrected chi connectivity index (χ2v) is 13.1. The second-order valence-electron chi connectivity index (χ2n) is 9.78. The summed E-state index contributed by atoms with van der Waals surface area (Å²) in [5, 5.41) is 4.90. The number of carbonyl (C=O) groups is 2. The van der Waals surface area contributed by atoms with Gasteiger partial charge in [0.1, 0.15) is 23.0 Å². The maximum absolute atomic E-state index is 12.5. The third-order valence-corrected chi connectivity index (χ3v) is 8.87. The van der Waals surface area contributed by atoms with Crippen molar-refractivity contribution in [2.45, 2.75) is 36.9 Å². The van der Waals surface area contributed by atoms with E-state index in [4.69, 9.17) is 18.9 Å². The van der Waals surface area contributed by atoms with Crippen molar-refractivity contribution in [1.82, 2.24) is 9.44 Å². The van der Waals surface area contributed by atoms with Crippen LogP contribution in [0.4, 0.5) is 21.0 Å². The third-order valence-electron chi connectivity index (χ3n) is 6.17. The van der Waals surface area contributed by atoms with Gasteiger partial charge in [0.15, 0.2) is 0 Å². The molecule has 4 rings (SSSR count). The summed E-state index contributed by atoms with van der Waals surface area (Å²) in [6.07, 6.45) is -0.757. The van der Waals surface area contributed by atoms with E-state index in [2.05, 4.69) is 10.6 Å². The minimum atomic E-state index is -4.11. The molecule has 0 aliphatic heterocycles. The van der Waals surface area contributed by atoms with Gasteiger partial charge in [-0.25, -0.2) is 35.9 Å². The monoisotopic (exact) mass is 698 g/mol. The molecule has 0 aromatic heterocycles. The number of hydrogen-bond acceptors (Lipinski definition) is 10. The molecular formula is C32H34N4O10S2. The van der Waals surface area contributed by atoms with Gasteiger partial charge in [-0.05, 0) is 111 Å². The van der Waals surface area contributed by atoms with E-state index >= 15 is 0 Å². The van der Waals surface area contributed by atoms with Crippen molar-refractivity contribution in [3.63, 3.8) is 0 Å². The van der Waals surface area contributed by atoms with Gasteiger partial charge in [0, 0.05) is 18.3 Å². The van der Waals surface area contributed by atoms with Crippen molar-refractivity contribution in [2.24, 2.45) is 0 Å². The van der Waals surface area contributed by atoms with Crippen LogP contribution >= 0.6 is 0 Å². The molecule has 4 aromatic carbocycles. The van der Waals surface area contributed by atoms with Gasteiger partial charge < -0.3 is 29.6 Å². The number of ether oxygens (including phenoxy) is 4. The zero-order valence-corrected chi connectivity index (χ0v) is 27.8. The Bertz CT molecular complexity index is 1760. The van der Waals surface area contributed by atoms with Gasteiger partial charge in [-0.2, -0.15) is 0 Å². The normalized spacial score (nSPS) is 11.2. The average molecular weight is 699 g/mol. The minimum absolute atomic E-state index is 0.0956. The summed E-state index contributed by atoms with van der Waals surface area (Å²) in [5.74, 6) is 1.82. The molecule has 4 N–H and O–H groups in total. The van der Waals surface area contributed by atoms with Gasteiger partial charge in [0.25, 0.3) is 20.0 Å². The Balaban J connectivity index is 1.23. The molecule has 16 heteroatoms. The molecule has 0 atom stereocenters. The molecule has 0 fully saturated rings. The van der Waals surface area contributed by atoms with Gasteiger partial charge in [0.2, 0.25) is 6.29 Å². The topological polar surface area (TPSA) is 187 Å². The number of benzene rings is 4. The van der Waals surface area contributed by atoms with Gasteiger partial charge >= 0.3 is 12.1 Å². The van der Waals surface area contributed by atoms with Crippen LogP contribution < -0.4 is 39.0 Å². The number of amides is 4. The molecule has 0 bridgehead atoms. The van der Waals surface area contributed by atoms with E-state index in [0.717, 1.165) is 0 Å². The molecule has 48 heavy (non-hydrogen) atoms. The summed E-state index contributed by atoms with van der Waals surface area (Å²) in [5.41, 5.74) is 0.629. The first-order chi connectivity index (χ1) is 22.9. The van der Waals surface area contributed by atoms with E-state index in [0.29, 0.717) is 47.6 Å². The number of rotatable bonds is 14. The number of urea groups is 2. The van der Waals surface area contributed by atoms with E-state index in [1.165, 1.54) is 72.8 Å². The van der Waals surface area contributed by atoms with Gasteiger partial charge in [0.05, 0.1) is 23.0 Å². The van der Waals surface area contributed by atoms with Crippen LogP contribution in [0.3, 0.4) is 0 Å². The van der Waals surface area contributed by atoms with Crippen molar-refractivity contribution in [2.75, 3.05) is 23.8 Å². The highest BCUT2D eigenvalue weighted by Crippen LogP contribution is 2.22. The first-order valence-corrected chi connectivity index (χ1v) is 17.5. The van der Waals surface area contributed by atoms with Crippen LogP contribution in [-0.2, 0) is 20.0 Å². The molecule has 0 spiro atoms. The lowest BCUT2D eigenvalue weighted by Crippen LogP contribution is -2.34. The molecule has 4 aromatic rings. The Labute approximate surface area is 278 Å². The Hall–Kier alpha value is -5.48. The Morgan fingerprint density at radius 2 is 0.854 bits per heavy atom. The minimum Gasteiger partial charge on any atom is -0.494 e. The molecule has 4 amide bonds. The predicted octanol–water partition coefficient (Wildman–Crippen LogP) is 5.31. The maximum atomic E-state index is 12.5. The average Bonchev–Trinajstić information content (AvgIpc) is 3.03. The van der Waals surface area contributed by atoms with Gasteiger partial charge in [-0.15, -0.1) is 0 Å². The number of hydrogen-bond donors (Lipinski definition) is 4. The van der Waals surface area contributed by atoms with E-state index in [1.54, 1.807) is 45.0 Å². The highest BCUT2D eigenvalue weighted by molar-refractivity contribution is 7.90. The predicted molar refractivity (Wildman–Crippen MR) is 178 cm³/mol. The van der Waals surface area contributed by atoms with Crippen LogP contribution in [0, 0.1) is 0 Å². The van der Waals surface area contributed by atoms with E-state index in [9.17, 15) is 26.4 Å². The summed E-state index contributed by atoms with van der Waals surface area (Å²) in [6, 6.07) is 21.8. The van der Waals surface area contributed by atoms with E-state index < -0.39 is 38.4 Å². The fourth-order valence-corrected chi connectivity index (χ4v) is 5.89. The zero-order valence-electron chi connectivity index (χ0n) is 26.1. The summed E-state index contributed by atoms with van der Waals surface area (Å²) < 4.78 is 76.1. The van der Waals surface area contributed by atoms with Crippen LogP contribution in [0.1, 0.15) is 20.8 Å². The summed E-state index contributed by atoms with van der Waals surface area (Å²) >= 11 is 0. The molecule has 0 saturated carbocycles. The van der Waals surface area contributed by atoms with Crippen molar-refractivity contribution < 1.29 is 45.4 Å².